The van der Waals surface area contributed by atoms with Gasteiger partial charge in [0.2, 0.25) is 10.0 Å². The first kappa shape index (κ1) is 19.0. The van der Waals surface area contributed by atoms with Gasteiger partial charge in [-0.05, 0) is 30.3 Å². The third-order valence-corrected chi connectivity index (χ3v) is 6.82. The summed E-state index contributed by atoms with van der Waals surface area (Å²) in [5.41, 5.74) is 0.979. The molecule has 0 aliphatic carbocycles. The molecule has 0 amide bonds. The molecule has 0 aromatic heterocycles. The van der Waals surface area contributed by atoms with Crippen LogP contribution in [0.15, 0.2) is 51.8 Å². The van der Waals surface area contributed by atoms with Crippen LogP contribution in [-0.4, -0.2) is 53.1 Å². The van der Waals surface area contributed by atoms with Crippen molar-refractivity contribution in [2.75, 3.05) is 45.3 Å². The second-order valence-corrected chi connectivity index (χ2v) is 8.68. The first-order valence-electron chi connectivity index (χ1n) is 8.19. The van der Waals surface area contributed by atoms with E-state index < -0.39 is 10.0 Å². The highest BCUT2D eigenvalue weighted by Gasteiger charge is 2.31. The Hall–Kier alpha value is -1.77. The number of benzene rings is 2. The van der Waals surface area contributed by atoms with Crippen molar-refractivity contribution in [3.05, 3.63) is 46.9 Å². The highest BCUT2D eigenvalue weighted by Crippen LogP contribution is 2.32. The highest BCUT2D eigenvalue weighted by molar-refractivity contribution is 9.10. The lowest BCUT2D eigenvalue weighted by molar-refractivity contribution is 0.370. The third kappa shape index (κ3) is 3.67. The van der Waals surface area contributed by atoms with Crippen molar-refractivity contribution in [2.24, 2.45) is 0 Å². The van der Waals surface area contributed by atoms with Crippen LogP contribution in [0.4, 0.5) is 5.69 Å². The minimum Gasteiger partial charge on any atom is -0.495 e. The van der Waals surface area contributed by atoms with E-state index in [0.29, 0.717) is 36.4 Å². The van der Waals surface area contributed by atoms with Crippen LogP contribution in [0.2, 0.25) is 0 Å². The summed E-state index contributed by atoms with van der Waals surface area (Å²) in [6.45, 7) is 1.98. The predicted molar refractivity (Wildman–Crippen MR) is 105 cm³/mol. The summed E-state index contributed by atoms with van der Waals surface area (Å²) < 4.78 is 39.0. The molecule has 0 unspecified atom stereocenters. The van der Waals surface area contributed by atoms with Crippen LogP contribution in [-0.2, 0) is 10.0 Å². The van der Waals surface area contributed by atoms with E-state index in [-0.39, 0.29) is 4.90 Å². The molecule has 1 saturated heterocycles. The van der Waals surface area contributed by atoms with Crippen molar-refractivity contribution in [2.45, 2.75) is 4.90 Å². The lowest BCUT2D eigenvalue weighted by Gasteiger charge is -2.36. The number of methoxy groups -OCH3 is 2. The van der Waals surface area contributed by atoms with Gasteiger partial charge in [-0.15, -0.1) is 0 Å². The Morgan fingerprint density at radius 1 is 0.923 bits per heavy atom. The Morgan fingerprint density at radius 2 is 1.58 bits per heavy atom. The number of halogens is 1. The summed E-state index contributed by atoms with van der Waals surface area (Å²) in [4.78, 5) is 2.32. The Balaban J connectivity index is 1.80. The molecule has 0 radical (unpaired) electrons. The fourth-order valence-corrected chi connectivity index (χ4v) is 5.17. The van der Waals surface area contributed by atoms with Crippen molar-refractivity contribution >= 4 is 31.6 Å². The van der Waals surface area contributed by atoms with E-state index in [4.69, 9.17) is 9.47 Å². The van der Waals surface area contributed by atoms with E-state index in [2.05, 4.69) is 20.8 Å². The molecule has 0 N–H and O–H groups in total. The van der Waals surface area contributed by atoms with Crippen molar-refractivity contribution in [1.82, 2.24) is 4.31 Å². The van der Waals surface area contributed by atoms with Crippen LogP contribution in [0.3, 0.4) is 0 Å². The normalized spacial score (nSPS) is 15.7. The van der Waals surface area contributed by atoms with Gasteiger partial charge in [-0.3, -0.25) is 0 Å². The van der Waals surface area contributed by atoms with Crippen molar-refractivity contribution < 1.29 is 17.9 Å². The number of nitrogens with zero attached hydrogens (tertiary/aromatic N) is 2. The van der Waals surface area contributed by atoms with Gasteiger partial charge in [0, 0.05) is 30.7 Å². The zero-order valence-corrected chi connectivity index (χ0v) is 17.1. The molecule has 1 aliphatic heterocycles. The zero-order chi connectivity index (χ0) is 18.7. The molecule has 0 atom stereocenters. The van der Waals surface area contributed by atoms with E-state index in [1.807, 2.05) is 24.3 Å². The van der Waals surface area contributed by atoms with Gasteiger partial charge in [-0.1, -0.05) is 28.1 Å². The fourth-order valence-electron chi connectivity index (χ4n) is 3.05. The molecule has 1 fully saturated rings. The monoisotopic (exact) mass is 440 g/mol. The molecule has 6 nitrogen and oxygen atoms in total. The molecule has 0 saturated carbocycles. The fraction of sp³-hybridized carbons (Fsp3) is 0.333. The molecule has 1 heterocycles. The minimum atomic E-state index is -3.63. The molecule has 3 rings (SSSR count). The number of para-hydroxylation sites is 2. The Kier molecular flexibility index (Phi) is 5.74. The number of piperazine rings is 1. The van der Waals surface area contributed by atoms with E-state index in [0.717, 1.165) is 11.4 Å². The van der Waals surface area contributed by atoms with Crippen LogP contribution < -0.4 is 14.4 Å². The lowest BCUT2D eigenvalue weighted by Crippen LogP contribution is -2.48. The lowest BCUT2D eigenvalue weighted by atomic mass is 10.2. The van der Waals surface area contributed by atoms with E-state index >= 15 is 0 Å². The van der Waals surface area contributed by atoms with Crippen molar-refractivity contribution in [1.29, 1.82) is 0 Å². The summed E-state index contributed by atoms with van der Waals surface area (Å²) >= 11 is 3.34. The van der Waals surface area contributed by atoms with Gasteiger partial charge in [-0.25, -0.2) is 8.42 Å². The van der Waals surface area contributed by atoms with E-state index in [9.17, 15) is 8.42 Å². The first-order chi connectivity index (χ1) is 12.5. The van der Waals surface area contributed by atoms with Crippen LogP contribution >= 0.6 is 15.9 Å². The van der Waals surface area contributed by atoms with Crippen molar-refractivity contribution in [3.8, 4) is 11.5 Å². The molecule has 2 aromatic rings. The molecular formula is C18H21BrN2O4S. The van der Waals surface area contributed by atoms with Crippen LogP contribution in [0.1, 0.15) is 0 Å². The number of anilines is 1. The Labute approximate surface area is 162 Å². The van der Waals surface area contributed by atoms with Gasteiger partial charge >= 0.3 is 0 Å². The molecule has 2 aromatic carbocycles. The second kappa shape index (κ2) is 7.85. The van der Waals surface area contributed by atoms with Crippen LogP contribution in [0, 0.1) is 0 Å². The molecule has 1 aliphatic rings. The van der Waals surface area contributed by atoms with Crippen LogP contribution in [0.25, 0.3) is 0 Å². The minimum absolute atomic E-state index is 0.181. The third-order valence-electron chi connectivity index (χ3n) is 4.41. The quantitative estimate of drug-likeness (QED) is 0.714. The van der Waals surface area contributed by atoms with Gasteiger partial charge in [0.1, 0.15) is 16.4 Å². The average Bonchev–Trinajstić information content (AvgIpc) is 2.68. The molecule has 0 bridgehead atoms. The van der Waals surface area contributed by atoms with Gasteiger partial charge in [-0.2, -0.15) is 4.31 Å². The number of hydrogen-bond donors (Lipinski definition) is 0. The smallest absolute Gasteiger partial charge is 0.246 e. The highest BCUT2D eigenvalue weighted by atomic mass is 79.9. The van der Waals surface area contributed by atoms with Crippen LogP contribution in [0.5, 0.6) is 11.5 Å². The molecule has 8 heteroatoms. The first-order valence-corrected chi connectivity index (χ1v) is 10.4. The summed E-state index contributed by atoms with van der Waals surface area (Å²) in [6, 6.07) is 12.8. The maximum atomic E-state index is 13.1. The van der Waals surface area contributed by atoms with Gasteiger partial charge in [0.25, 0.3) is 0 Å². The number of ether oxygens (including phenoxy) is 2. The van der Waals surface area contributed by atoms with E-state index in [1.165, 1.54) is 11.4 Å². The molecular weight excluding hydrogens is 420 g/mol. The predicted octanol–water partition coefficient (Wildman–Crippen LogP) is 2.98. The van der Waals surface area contributed by atoms with Gasteiger partial charge in [0.05, 0.1) is 19.9 Å². The second-order valence-electron chi connectivity index (χ2n) is 5.86. The van der Waals surface area contributed by atoms with E-state index in [1.54, 1.807) is 25.3 Å². The summed E-state index contributed by atoms with van der Waals surface area (Å²) in [5.74, 6) is 1.14. The number of hydrogen-bond acceptors (Lipinski definition) is 5. The number of sulfonamides is 1. The Bertz CT molecular complexity index is 881. The SMILES string of the molecule is COc1ccccc1N1CCN(S(=O)(=O)c2cc(Br)ccc2OC)CC1. The average molecular weight is 441 g/mol. The largest absolute Gasteiger partial charge is 0.495 e. The zero-order valence-electron chi connectivity index (χ0n) is 14.7. The number of rotatable bonds is 5. The molecule has 26 heavy (non-hydrogen) atoms. The summed E-state index contributed by atoms with van der Waals surface area (Å²) in [7, 11) is -0.516. The topological polar surface area (TPSA) is 59.1 Å². The Morgan fingerprint density at radius 3 is 2.23 bits per heavy atom. The molecule has 0 spiro atoms. The standard InChI is InChI=1S/C18H21BrN2O4S/c1-24-16-6-4-3-5-15(16)20-9-11-21(12-10-20)26(22,23)18-13-14(19)7-8-17(18)25-2/h3-8,13H,9-12H2,1-2H3. The maximum Gasteiger partial charge on any atom is 0.246 e. The van der Waals surface area contributed by atoms with Gasteiger partial charge in [0.15, 0.2) is 0 Å². The maximum absolute atomic E-state index is 13.1. The summed E-state index contributed by atoms with van der Waals surface area (Å²) in [5, 5.41) is 0. The van der Waals surface area contributed by atoms with Gasteiger partial charge < -0.3 is 14.4 Å². The summed E-state index contributed by atoms with van der Waals surface area (Å²) in [6.07, 6.45) is 0. The van der Waals surface area contributed by atoms with Crippen molar-refractivity contribution in [3.63, 3.8) is 0 Å². The molecule has 140 valence electrons.